The zero-order chi connectivity index (χ0) is 12.6. The van der Waals surface area contributed by atoms with Crippen LogP contribution in [0.25, 0.3) is 0 Å². The molecule has 1 N–H and O–H groups in total. The molecule has 0 spiro atoms. The van der Waals surface area contributed by atoms with Crippen molar-refractivity contribution < 1.29 is 0 Å². The SMILES string of the molecule is CC(C)CC1CN(C2CC2C)C(C(C)C)CN1. The summed E-state index contributed by atoms with van der Waals surface area (Å²) in [6, 6.07) is 2.37. The lowest BCUT2D eigenvalue weighted by Gasteiger charge is -2.43. The third-order valence-corrected chi connectivity index (χ3v) is 4.49. The summed E-state index contributed by atoms with van der Waals surface area (Å²) < 4.78 is 0. The Balaban J connectivity index is 1.95. The molecule has 1 heterocycles. The minimum Gasteiger partial charge on any atom is -0.311 e. The second-order valence-electron chi connectivity index (χ2n) is 7.02. The van der Waals surface area contributed by atoms with E-state index in [-0.39, 0.29) is 0 Å². The third-order valence-electron chi connectivity index (χ3n) is 4.49. The first-order chi connectivity index (χ1) is 7.99. The van der Waals surface area contributed by atoms with E-state index in [4.69, 9.17) is 0 Å². The average Bonchev–Trinajstić information content (AvgIpc) is 2.94. The molecule has 0 radical (unpaired) electrons. The first-order valence-electron chi connectivity index (χ1n) is 7.48. The summed E-state index contributed by atoms with van der Waals surface area (Å²) in [6.45, 7) is 14.3. The summed E-state index contributed by atoms with van der Waals surface area (Å²) in [7, 11) is 0. The van der Waals surface area contributed by atoms with Gasteiger partial charge in [-0.15, -0.1) is 0 Å². The molecule has 4 unspecified atom stereocenters. The third kappa shape index (κ3) is 3.23. The van der Waals surface area contributed by atoms with Crippen molar-refractivity contribution in [3.05, 3.63) is 0 Å². The van der Waals surface area contributed by atoms with Crippen LogP contribution in [0.5, 0.6) is 0 Å². The first-order valence-corrected chi connectivity index (χ1v) is 7.48. The van der Waals surface area contributed by atoms with Crippen LogP contribution in [0.15, 0.2) is 0 Å². The van der Waals surface area contributed by atoms with Gasteiger partial charge in [0.05, 0.1) is 0 Å². The fourth-order valence-electron chi connectivity index (χ4n) is 3.35. The van der Waals surface area contributed by atoms with Crippen LogP contribution in [-0.4, -0.2) is 36.1 Å². The van der Waals surface area contributed by atoms with Crippen molar-refractivity contribution in [2.75, 3.05) is 13.1 Å². The van der Waals surface area contributed by atoms with E-state index in [2.05, 4.69) is 44.8 Å². The van der Waals surface area contributed by atoms with Gasteiger partial charge in [0.15, 0.2) is 0 Å². The van der Waals surface area contributed by atoms with Crippen LogP contribution in [0, 0.1) is 17.8 Å². The maximum absolute atomic E-state index is 3.77. The highest BCUT2D eigenvalue weighted by molar-refractivity contribution is 4.99. The monoisotopic (exact) mass is 238 g/mol. The Morgan fingerprint density at radius 3 is 2.35 bits per heavy atom. The number of hydrogen-bond donors (Lipinski definition) is 1. The Morgan fingerprint density at radius 2 is 1.88 bits per heavy atom. The van der Waals surface area contributed by atoms with E-state index in [9.17, 15) is 0 Å². The van der Waals surface area contributed by atoms with Crippen molar-refractivity contribution in [3.63, 3.8) is 0 Å². The minimum absolute atomic E-state index is 0.720. The van der Waals surface area contributed by atoms with Crippen molar-refractivity contribution in [3.8, 4) is 0 Å². The molecule has 2 fully saturated rings. The Kier molecular flexibility index (Phi) is 4.14. The molecule has 2 nitrogen and oxygen atoms in total. The molecule has 0 bridgehead atoms. The van der Waals surface area contributed by atoms with E-state index >= 15 is 0 Å². The lowest BCUT2D eigenvalue weighted by molar-refractivity contribution is 0.0804. The van der Waals surface area contributed by atoms with E-state index in [1.54, 1.807) is 0 Å². The van der Waals surface area contributed by atoms with Gasteiger partial charge in [-0.2, -0.15) is 0 Å². The standard InChI is InChI=1S/C15H30N2/c1-10(2)6-13-9-17(14-7-12(14)5)15(8-16-13)11(3)4/h10-16H,6-9H2,1-5H3. The number of nitrogens with one attached hydrogen (secondary N) is 1. The Bertz CT molecular complexity index is 249. The van der Waals surface area contributed by atoms with Crippen molar-refractivity contribution in [1.29, 1.82) is 0 Å². The van der Waals surface area contributed by atoms with Gasteiger partial charge in [0.2, 0.25) is 0 Å². The molecule has 2 rings (SSSR count). The second kappa shape index (κ2) is 5.27. The first kappa shape index (κ1) is 13.4. The smallest absolute Gasteiger partial charge is 0.0247 e. The molecule has 0 aromatic rings. The van der Waals surface area contributed by atoms with Crippen molar-refractivity contribution in [2.45, 2.75) is 65.6 Å². The quantitative estimate of drug-likeness (QED) is 0.810. The molecule has 2 aliphatic rings. The minimum atomic E-state index is 0.720. The van der Waals surface area contributed by atoms with E-state index in [0.717, 1.165) is 35.9 Å². The van der Waals surface area contributed by atoms with Crippen molar-refractivity contribution in [1.82, 2.24) is 10.2 Å². The van der Waals surface area contributed by atoms with Crippen LogP contribution in [0.3, 0.4) is 0 Å². The summed E-state index contributed by atoms with van der Waals surface area (Å²) >= 11 is 0. The highest BCUT2D eigenvalue weighted by Gasteiger charge is 2.44. The number of hydrogen-bond acceptors (Lipinski definition) is 2. The maximum Gasteiger partial charge on any atom is 0.0247 e. The second-order valence-corrected chi connectivity index (χ2v) is 7.02. The van der Waals surface area contributed by atoms with Gasteiger partial charge < -0.3 is 5.32 Å². The maximum atomic E-state index is 3.77. The molecule has 2 heteroatoms. The zero-order valence-corrected chi connectivity index (χ0v) is 12.2. The lowest BCUT2D eigenvalue weighted by atomic mass is 9.94. The molecule has 1 aliphatic heterocycles. The summed E-state index contributed by atoms with van der Waals surface area (Å²) in [5.74, 6) is 2.52. The van der Waals surface area contributed by atoms with Gasteiger partial charge in [0.25, 0.3) is 0 Å². The molecule has 17 heavy (non-hydrogen) atoms. The molecule has 0 aromatic heterocycles. The van der Waals surface area contributed by atoms with Crippen LogP contribution in [0.4, 0.5) is 0 Å². The van der Waals surface area contributed by atoms with Gasteiger partial charge >= 0.3 is 0 Å². The van der Waals surface area contributed by atoms with Gasteiger partial charge in [-0.3, -0.25) is 4.90 Å². The molecular formula is C15H30N2. The largest absolute Gasteiger partial charge is 0.311 e. The van der Waals surface area contributed by atoms with Crippen LogP contribution < -0.4 is 5.32 Å². The number of rotatable bonds is 4. The van der Waals surface area contributed by atoms with Gasteiger partial charge in [-0.25, -0.2) is 0 Å². The molecule has 1 saturated heterocycles. The van der Waals surface area contributed by atoms with Gasteiger partial charge in [0.1, 0.15) is 0 Å². The predicted octanol–water partition coefficient (Wildman–Crippen LogP) is 2.74. The van der Waals surface area contributed by atoms with E-state index in [0.29, 0.717) is 0 Å². The molecule has 1 saturated carbocycles. The van der Waals surface area contributed by atoms with E-state index in [1.165, 1.54) is 25.9 Å². The fourth-order valence-corrected chi connectivity index (χ4v) is 3.35. The van der Waals surface area contributed by atoms with Crippen LogP contribution in [-0.2, 0) is 0 Å². The topological polar surface area (TPSA) is 15.3 Å². The molecular weight excluding hydrogens is 208 g/mol. The van der Waals surface area contributed by atoms with E-state index < -0.39 is 0 Å². The predicted molar refractivity (Wildman–Crippen MR) is 74.1 cm³/mol. The summed E-state index contributed by atoms with van der Waals surface area (Å²) in [4.78, 5) is 2.82. The van der Waals surface area contributed by atoms with Crippen LogP contribution >= 0.6 is 0 Å². The van der Waals surface area contributed by atoms with Crippen molar-refractivity contribution >= 4 is 0 Å². The van der Waals surface area contributed by atoms with Crippen LogP contribution in [0.2, 0.25) is 0 Å². The van der Waals surface area contributed by atoms with Gasteiger partial charge in [-0.1, -0.05) is 34.6 Å². The van der Waals surface area contributed by atoms with Crippen LogP contribution in [0.1, 0.15) is 47.5 Å². The summed E-state index contributed by atoms with van der Waals surface area (Å²) in [5.41, 5.74) is 0. The fraction of sp³-hybridized carbons (Fsp3) is 1.00. The summed E-state index contributed by atoms with van der Waals surface area (Å²) in [5, 5.41) is 3.77. The zero-order valence-electron chi connectivity index (χ0n) is 12.2. The number of piperazine rings is 1. The lowest BCUT2D eigenvalue weighted by Crippen LogP contribution is -2.59. The molecule has 1 aliphatic carbocycles. The highest BCUT2D eigenvalue weighted by atomic mass is 15.3. The molecule has 0 aromatic carbocycles. The van der Waals surface area contributed by atoms with E-state index in [1.807, 2.05) is 0 Å². The molecule has 100 valence electrons. The molecule has 0 amide bonds. The van der Waals surface area contributed by atoms with Crippen molar-refractivity contribution in [2.24, 2.45) is 17.8 Å². The Hall–Kier alpha value is -0.0800. The highest BCUT2D eigenvalue weighted by Crippen LogP contribution is 2.38. The normalized spacial score (nSPS) is 39.0. The van der Waals surface area contributed by atoms with Gasteiger partial charge in [0, 0.05) is 31.2 Å². The Morgan fingerprint density at radius 1 is 1.24 bits per heavy atom. The summed E-state index contributed by atoms with van der Waals surface area (Å²) in [6.07, 6.45) is 2.75. The average molecular weight is 238 g/mol. The van der Waals surface area contributed by atoms with Gasteiger partial charge in [-0.05, 0) is 30.6 Å². The Labute approximate surface area is 107 Å². The molecule has 4 atom stereocenters. The number of nitrogens with zero attached hydrogens (tertiary/aromatic N) is 1.